The van der Waals surface area contributed by atoms with Crippen molar-refractivity contribution in [3.8, 4) is 0 Å². The lowest BCUT2D eigenvalue weighted by atomic mass is 10.2. The van der Waals surface area contributed by atoms with Crippen molar-refractivity contribution >= 4 is 28.4 Å². The highest BCUT2D eigenvalue weighted by Gasteiger charge is 2.29. The van der Waals surface area contributed by atoms with Gasteiger partial charge in [0.2, 0.25) is 11.6 Å². The number of nitrogens with zero attached hydrogens (tertiary/aromatic N) is 4. The fourth-order valence-corrected chi connectivity index (χ4v) is 1.75. The average Bonchev–Trinajstić information content (AvgIpc) is 2.62. The molecule has 15 nitrogen and oxygen atoms in total. The first kappa shape index (κ1) is 28.8. The number of nitrogen functional groups attached to an aromatic ring is 1. The second kappa shape index (κ2) is 12.2. The number of halogens is 3. The molecule has 2 aromatic carbocycles. The smallest absolute Gasteiger partial charge is 0.347 e. The Morgan fingerprint density at radius 3 is 1.42 bits per heavy atom. The third-order valence-electron chi connectivity index (χ3n) is 2.95. The van der Waals surface area contributed by atoms with Crippen molar-refractivity contribution in [1.29, 1.82) is 0 Å². The first-order chi connectivity index (χ1) is 13.9. The lowest BCUT2D eigenvalue weighted by molar-refractivity contribution is -0.401. The molecule has 0 heterocycles. The molecule has 2 rings (SSSR count). The van der Waals surface area contributed by atoms with Crippen LogP contribution in [0.2, 0.25) is 0 Å². The van der Waals surface area contributed by atoms with Gasteiger partial charge >= 0.3 is 17.1 Å². The number of nitrogens with two attached hydrogens (primary N) is 1. The molecule has 31 heavy (non-hydrogen) atoms. The van der Waals surface area contributed by atoms with E-state index in [9.17, 15) is 53.6 Å². The van der Waals surface area contributed by atoms with Gasteiger partial charge in [-0.15, -0.1) is 0 Å². The number of benzene rings is 2. The Bertz CT molecular complexity index is 926. The molecule has 6 N–H and O–H groups in total. The van der Waals surface area contributed by atoms with Gasteiger partial charge in [-0.1, -0.05) is 0 Å². The summed E-state index contributed by atoms with van der Waals surface area (Å²) in [6.45, 7) is 0. The molecule has 0 unspecified atom stereocenters. The summed E-state index contributed by atoms with van der Waals surface area (Å²) < 4.78 is 38.4. The van der Waals surface area contributed by atoms with Crippen molar-refractivity contribution in [3.63, 3.8) is 0 Å². The largest absolute Gasteiger partial charge is 0.400 e. The van der Waals surface area contributed by atoms with Gasteiger partial charge in [0.25, 0.3) is 11.5 Å². The molecule has 0 saturated carbocycles. The van der Waals surface area contributed by atoms with Crippen LogP contribution in [0.25, 0.3) is 0 Å². The van der Waals surface area contributed by atoms with Crippen LogP contribution >= 0.6 is 0 Å². The number of hydrogen-bond acceptors (Lipinski definition) is 11. The van der Waals surface area contributed by atoms with Gasteiger partial charge in [-0.25, -0.2) is 0 Å². The van der Waals surface area contributed by atoms with Crippen LogP contribution in [0.5, 0.6) is 0 Å². The maximum atomic E-state index is 12.9. The molecule has 0 fully saturated rings. The third-order valence-corrected chi connectivity index (χ3v) is 2.95. The van der Waals surface area contributed by atoms with Crippen molar-refractivity contribution < 1.29 is 38.0 Å². The zero-order valence-electron chi connectivity index (χ0n) is 15.2. The third kappa shape index (κ3) is 6.83. The Labute approximate surface area is 168 Å². The molecule has 0 bridgehead atoms. The van der Waals surface area contributed by atoms with Gasteiger partial charge in [-0.3, -0.25) is 40.5 Å². The SMILES string of the molecule is CO.N.Nc1c([N+](=O)[O-])ccc(F)c1[N+](=O)[O-].O=[N+]([O-])c1ccc(F)c([N+](=O)[O-])c1F. The number of hydrogen-bond donors (Lipinski definition) is 3. The highest BCUT2D eigenvalue weighted by Crippen LogP contribution is 2.33. The molecule has 0 spiro atoms. The van der Waals surface area contributed by atoms with Crippen molar-refractivity contribution in [2.45, 2.75) is 0 Å². The van der Waals surface area contributed by atoms with Crippen LogP contribution in [0.4, 0.5) is 41.6 Å². The van der Waals surface area contributed by atoms with Gasteiger partial charge < -0.3 is 17.0 Å². The summed E-state index contributed by atoms with van der Waals surface area (Å²) in [6, 6.07) is 2.40. The van der Waals surface area contributed by atoms with Gasteiger partial charge in [-0.05, 0) is 12.1 Å². The summed E-state index contributed by atoms with van der Waals surface area (Å²) in [7, 11) is 1.00. The van der Waals surface area contributed by atoms with E-state index in [4.69, 9.17) is 10.8 Å². The number of anilines is 1. The lowest BCUT2D eigenvalue weighted by Crippen LogP contribution is -2.02. The fourth-order valence-electron chi connectivity index (χ4n) is 1.75. The minimum atomic E-state index is -1.78. The maximum Gasteiger partial charge on any atom is 0.347 e. The molecule has 0 aliphatic rings. The predicted octanol–water partition coefficient (Wildman–Crippen LogP) is 2.78. The van der Waals surface area contributed by atoms with E-state index in [1.807, 2.05) is 0 Å². The van der Waals surface area contributed by atoms with E-state index in [1.54, 1.807) is 0 Å². The molecule has 170 valence electrons. The van der Waals surface area contributed by atoms with E-state index in [-0.39, 0.29) is 6.15 Å². The monoisotopic (exact) mass is 454 g/mol. The van der Waals surface area contributed by atoms with E-state index in [0.29, 0.717) is 18.2 Å². The summed E-state index contributed by atoms with van der Waals surface area (Å²) in [6.07, 6.45) is 0. The lowest BCUT2D eigenvalue weighted by Gasteiger charge is -1.98. The second-order valence-electron chi connectivity index (χ2n) is 4.59. The first-order valence-corrected chi connectivity index (χ1v) is 6.98. The molecule has 0 aliphatic heterocycles. The zero-order chi connectivity index (χ0) is 23.8. The summed E-state index contributed by atoms with van der Waals surface area (Å²) in [4.78, 5) is 36.3. The molecule has 0 aromatic heterocycles. The quantitative estimate of drug-likeness (QED) is 0.343. The minimum absolute atomic E-state index is 0. The molecule has 18 heteroatoms. The summed E-state index contributed by atoms with van der Waals surface area (Å²) >= 11 is 0. The van der Waals surface area contributed by atoms with Crippen LogP contribution in [0.3, 0.4) is 0 Å². The van der Waals surface area contributed by atoms with Gasteiger partial charge in [0, 0.05) is 19.2 Å². The van der Waals surface area contributed by atoms with Crippen molar-refractivity contribution in [2.24, 2.45) is 0 Å². The molecular formula is C13H13F3N6O9. The van der Waals surface area contributed by atoms with Crippen LogP contribution in [0.15, 0.2) is 24.3 Å². The van der Waals surface area contributed by atoms with E-state index in [2.05, 4.69) is 0 Å². The molecule has 2 aromatic rings. The summed E-state index contributed by atoms with van der Waals surface area (Å²) in [5.74, 6) is -4.42. The van der Waals surface area contributed by atoms with E-state index >= 15 is 0 Å². The van der Waals surface area contributed by atoms with E-state index in [0.717, 1.165) is 13.2 Å². The van der Waals surface area contributed by atoms with Crippen LogP contribution < -0.4 is 11.9 Å². The Hall–Kier alpha value is -4.45. The molecule has 0 amide bonds. The number of aliphatic hydroxyl groups excluding tert-OH is 1. The van der Waals surface area contributed by atoms with E-state index in [1.165, 1.54) is 0 Å². The highest BCUT2D eigenvalue weighted by atomic mass is 19.1. The van der Waals surface area contributed by atoms with Crippen molar-refractivity contribution in [2.75, 3.05) is 12.8 Å². The average molecular weight is 454 g/mol. The predicted molar refractivity (Wildman–Crippen MR) is 97.0 cm³/mol. The molecule has 0 radical (unpaired) electrons. The van der Waals surface area contributed by atoms with Crippen LogP contribution in [0, 0.1) is 57.9 Å². The standard InChI is InChI=1S/C6H2F2N2O4.C6H4FN3O4.CH4O.H3N/c2*7-3-1-2-4(9(11)12)5(8)6(3)10(13)14;1-2;/h1-2H;1-2H,8H2;2H,1H3;1H3. The second-order valence-corrected chi connectivity index (χ2v) is 4.59. The Morgan fingerprint density at radius 1 is 0.710 bits per heavy atom. The number of nitro groups is 4. The highest BCUT2D eigenvalue weighted by molar-refractivity contribution is 5.71. The van der Waals surface area contributed by atoms with Gasteiger partial charge in [0.1, 0.15) is 0 Å². The molecule has 0 saturated heterocycles. The summed E-state index contributed by atoms with van der Waals surface area (Å²) in [5, 5.41) is 47.8. The molecule has 0 atom stereocenters. The van der Waals surface area contributed by atoms with Crippen LogP contribution in [-0.2, 0) is 0 Å². The van der Waals surface area contributed by atoms with Crippen LogP contribution in [0.1, 0.15) is 0 Å². The minimum Gasteiger partial charge on any atom is -0.400 e. The first-order valence-electron chi connectivity index (χ1n) is 6.98. The normalized spacial score (nSPS) is 9.06. The number of nitro benzene ring substituents is 4. The Kier molecular flexibility index (Phi) is 11.3. The van der Waals surface area contributed by atoms with Gasteiger partial charge in [-0.2, -0.15) is 13.2 Å². The maximum absolute atomic E-state index is 12.9. The number of aliphatic hydroxyl groups is 1. The molecular weight excluding hydrogens is 441 g/mol. The summed E-state index contributed by atoms with van der Waals surface area (Å²) in [5.41, 5.74) is -0.109. The Morgan fingerprint density at radius 2 is 1.06 bits per heavy atom. The van der Waals surface area contributed by atoms with Crippen LogP contribution in [-0.4, -0.2) is 31.9 Å². The van der Waals surface area contributed by atoms with Crippen molar-refractivity contribution in [1.82, 2.24) is 6.15 Å². The topological polar surface area (TPSA) is 254 Å². The van der Waals surface area contributed by atoms with Crippen molar-refractivity contribution in [3.05, 3.63) is 82.2 Å². The van der Waals surface area contributed by atoms with E-state index < -0.39 is 65.6 Å². The fraction of sp³-hybridized carbons (Fsp3) is 0.0769. The Balaban J connectivity index is 0. The molecule has 0 aliphatic carbocycles. The van der Waals surface area contributed by atoms with Gasteiger partial charge in [0.05, 0.1) is 19.7 Å². The zero-order valence-corrected chi connectivity index (χ0v) is 15.2. The van der Waals surface area contributed by atoms with Gasteiger partial charge in [0.15, 0.2) is 5.69 Å². The number of rotatable bonds is 4.